The highest BCUT2D eigenvalue weighted by Crippen LogP contribution is 2.32. The monoisotopic (exact) mass is 387 g/mol. The van der Waals surface area contributed by atoms with Crippen LogP contribution in [-0.4, -0.2) is 76.9 Å². The van der Waals surface area contributed by atoms with Crippen molar-refractivity contribution in [3.63, 3.8) is 0 Å². The summed E-state index contributed by atoms with van der Waals surface area (Å²) in [7, 11) is 0. The van der Waals surface area contributed by atoms with E-state index in [1.807, 2.05) is 4.90 Å². The quantitative estimate of drug-likeness (QED) is 0.630. The molecule has 1 N–H and O–H groups in total. The number of nitrogens with zero attached hydrogens (tertiary/aromatic N) is 4. The number of carbonyl (C=O) groups is 2. The van der Waals surface area contributed by atoms with Crippen molar-refractivity contribution in [2.45, 2.75) is 31.7 Å². The molecule has 1 aliphatic carbocycles. The molecule has 1 saturated carbocycles. The van der Waals surface area contributed by atoms with E-state index in [9.17, 15) is 19.7 Å². The molecular weight excluding hydrogens is 362 g/mol. The van der Waals surface area contributed by atoms with Gasteiger partial charge in [0.25, 0.3) is 11.6 Å². The molecule has 0 atom stereocenters. The number of amides is 3. The first-order valence-electron chi connectivity index (χ1n) is 9.91. The Kier molecular flexibility index (Phi) is 5.06. The zero-order chi connectivity index (χ0) is 19.7. The molecule has 2 saturated heterocycles. The number of anilines is 1. The van der Waals surface area contributed by atoms with Gasteiger partial charge in [-0.3, -0.25) is 14.9 Å². The van der Waals surface area contributed by atoms with Gasteiger partial charge >= 0.3 is 6.03 Å². The molecule has 3 fully saturated rings. The Morgan fingerprint density at radius 1 is 0.964 bits per heavy atom. The van der Waals surface area contributed by atoms with Crippen LogP contribution in [-0.2, 0) is 0 Å². The molecule has 2 heterocycles. The van der Waals surface area contributed by atoms with Crippen LogP contribution in [0.3, 0.4) is 0 Å². The number of nitro groups is 1. The molecule has 1 aromatic rings. The normalized spacial score (nSPS) is 19.6. The fraction of sp³-hybridized carbons (Fsp3) is 0.579. The van der Waals surface area contributed by atoms with Crippen LogP contribution >= 0.6 is 0 Å². The van der Waals surface area contributed by atoms with Crippen molar-refractivity contribution < 1.29 is 14.5 Å². The lowest BCUT2D eigenvalue weighted by Crippen LogP contribution is -2.53. The molecule has 3 amide bonds. The third-order valence-electron chi connectivity index (χ3n) is 5.59. The van der Waals surface area contributed by atoms with E-state index in [4.69, 9.17) is 0 Å². The van der Waals surface area contributed by atoms with Crippen molar-refractivity contribution in [3.8, 4) is 0 Å². The first kappa shape index (κ1) is 18.5. The lowest BCUT2D eigenvalue weighted by Gasteiger charge is -2.36. The molecule has 0 radical (unpaired) electrons. The van der Waals surface area contributed by atoms with E-state index in [1.54, 1.807) is 21.9 Å². The minimum absolute atomic E-state index is 0.0516. The van der Waals surface area contributed by atoms with Crippen LogP contribution < -0.4 is 5.32 Å². The average Bonchev–Trinajstić information content (AvgIpc) is 3.36. The van der Waals surface area contributed by atoms with Crippen LogP contribution in [0.1, 0.15) is 36.0 Å². The molecule has 0 unspecified atom stereocenters. The highest BCUT2D eigenvalue weighted by atomic mass is 16.6. The van der Waals surface area contributed by atoms with Gasteiger partial charge < -0.3 is 20.0 Å². The van der Waals surface area contributed by atoms with Crippen LogP contribution in [0, 0.1) is 10.1 Å². The standard InChI is InChI=1S/C19H25N5O4/c25-18(14-3-6-16(20-15-4-5-15)17(13-14)24(27)28)21-9-11-23(12-10-21)19(26)22-7-1-2-8-22/h3,6,13,15,20H,1-2,4-5,7-12H2. The van der Waals surface area contributed by atoms with Gasteiger partial charge in [-0.2, -0.15) is 0 Å². The number of nitro benzene ring substituents is 1. The Hall–Kier alpha value is -2.84. The van der Waals surface area contributed by atoms with Gasteiger partial charge in [-0.25, -0.2) is 4.79 Å². The minimum Gasteiger partial charge on any atom is -0.377 e. The van der Waals surface area contributed by atoms with Crippen molar-refractivity contribution >= 4 is 23.3 Å². The third kappa shape index (κ3) is 3.88. The van der Waals surface area contributed by atoms with Gasteiger partial charge in [-0.1, -0.05) is 0 Å². The Balaban J connectivity index is 1.40. The Morgan fingerprint density at radius 3 is 2.18 bits per heavy atom. The second-order valence-electron chi connectivity index (χ2n) is 7.66. The van der Waals surface area contributed by atoms with Crippen LogP contribution in [0.5, 0.6) is 0 Å². The van der Waals surface area contributed by atoms with Crippen LogP contribution in [0.4, 0.5) is 16.2 Å². The van der Waals surface area contributed by atoms with Crippen molar-refractivity contribution in [1.82, 2.24) is 14.7 Å². The zero-order valence-corrected chi connectivity index (χ0v) is 15.8. The number of urea groups is 1. The van der Waals surface area contributed by atoms with Crippen molar-refractivity contribution in [1.29, 1.82) is 0 Å². The fourth-order valence-corrected chi connectivity index (χ4v) is 3.78. The molecule has 4 rings (SSSR count). The summed E-state index contributed by atoms with van der Waals surface area (Å²) in [6, 6.07) is 4.96. The van der Waals surface area contributed by atoms with Crippen LogP contribution in [0.15, 0.2) is 18.2 Å². The maximum atomic E-state index is 12.8. The lowest BCUT2D eigenvalue weighted by atomic mass is 10.1. The number of piperazine rings is 1. The maximum absolute atomic E-state index is 12.8. The minimum atomic E-state index is -0.450. The van der Waals surface area contributed by atoms with Gasteiger partial charge in [-0.05, 0) is 37.8 Å². The largest absolute Gasteiger partial charge is 0.377 e. The summed E-state index contributed by atoms with van der Waals surface area (Å²) in [6.07, 6.45) is 4.12. The third-order valence-corrected chi connectivity index (χ3v) is 5.59. The molecule has 0 aromatic heterocycles. The van der Waals surface area contributed by atoms with Gasteiger partial charge in [0.1, 0.15) is 5.69 Å². The maximum Gasteiger partial charge on any atom is 0.320 e. The summed E-state index contributed by atoms with van der Waals surface area (Å²) in [5, 5.41) is 14.6. The predicted molar refractivity (Wildman–Crippen MR) is 103 cm³/mol. The Morgan fingerprint density at radius 2 is 1.57 bits per heavy atom. The van der Waals surface area contributed by atoms with E-state index in [0.29, 0.717) is 43.5 Å². The topological polar surface area (TPSA) is 99.0 Å². The molecule has 9 nitrogen and oxygen atoms in total. The summed E-state index contributed by atoms with van der Waals surface area (Å²) in [4.78, 5) is 41.6. The summed E-state index contributed by atoms with van der Waals surface area (Å²) >= 11 is 0. The van der Waals surface area contributed by atoms with Gasteiger partial charge in [0.2, 0.25) is 0 Å². The van der Waals surface area contributed by atoms with Crippen molar-refractivity contribution in [3.05, 3.63) is 33.9 Å². The first-order valence-corrected chi connectivity index (χ1v) is 9.91. The molecule has 150 valence electrons. The second kappa shape index (κ2) is 7.65. The summed E-state index contributed by atoms with van der Waals surface area (Å²) in [6.45, 7) is 3.48. The summed E-state index contributed by atoms with van der Waals surface area (Å²) in [5.74, 6) is -0.227. The van der Waals surface area contributed by atoms with E-state index in [-0.39, 0.29) is 17.6 Å². The van der Waals surface area contributed by atoms with Crippen molar-refractivity contribution in [2.75, 3.05) is 44.6 Å². The number of hydrogen-bond donors (Lipinski definition) is 1. The number of likely N-dealkylation sites (tertiary alicyclic amines) is 1. The molecule has 9 heteroatoms. The predicted octanol–water partition coefficient (Wildman–Crippen LogP) is 2.14. The molecule has 2 aliphatic heterocycles. The number of hydrogen-bond acceptors (Lipinski definition) is 5. The smallest absolute Gasteiger partial charge is 0.320 e. The average molecular weight is 387 g/mol. The number of nitrogens with one attached hydrogen (secondary N) is 1. The SMILES string of the molecule is O=C(c1ccc(NC2CC2)c([N+](=O)[O-])c1)N1CCN(C(=O)N2CCCC2)CC1. The van der Waals surface area contributed by atoms with E-state index >= 15 is 0 Å². The van der Waals surface area contributed by atoms with E-state index in [0.717, 1.165) is 38.8 Å². The van der Waals surface area contributed by atoms with E-state index < -0.39 is 4.92 Å². The van der Waals surface area contributed by atoms with E-state index in [2.05, 4.69) is 5.32 Å². The molecule has 3 aliphatic rings. The highest BCUT2D eigenvalue weighted by Gasteiger charge is 2.30. The fourth-order valence-electron chi connectivity index (χ4n) is 3.78. The van der Waals surface area contributed by atoms with Gasteiger partial charge in [0, 0.05) is 56.9 Å². The Labute approximate surface area is 163 Å². The van der Waals surface area contributed by atoms with Crippen molar-refractivity contribution in [2.24, 2.45) is 0 Å². The lowest BCUT2D eigenvalue weighted by molar-refractivity contribution is -0.384. The molecule has 28 heavy (non-hydrogen) atoms. The molecule has 0 bridgehead atoms. The number of rotatable bonds is 4. The van der Waals surface area contributed by atoms with Gasteiger partial charge in [-0.15, -0.1) is 0 Å². The van der Waals surface area contributed by atoms with Gasteiger partial charge in [0.15, 0.2) is 0 Å². The highest BCUT2D eigenvalue weighted by molar-refractivity contribution is 5.96. The Bertz CT molecular complexity index is 781. The number of carbonyl (C=O) groups excluding carboxylic acids is 2. The summed E-state index contributed by atoms with van der Waals surface area (Å²) < 4.78 is 0. The second-order valence-corrected chi connectivity index (χ2v) is 7.66. The van der Waals surface area contributed by atoms with Crippen LogP contribution in [0.25, 0.3) is 0 Å². The molecular formula is C19H25N5O4. The van der Waals surface area contributed by atoms with E-state index in [1.165, 1.54) is 6.07 Å². The van der Waals surface area contributed by atoms with Gasteiger partial charge in [0.05, 0.1) is 4.92 Å². The molecule has 1 aromatic carbocycles. The first-order chi connectivity index (χ1) is 13.5. The molecule has 0 spiro atoms. The summed E-state index contributed by atoms with van der Waals surface area (Å²) in [5.41, 5.74) is 0.707. The number of benzene rings is 1. The van der Waals surface area contributed by atoms with Crippen LogP contribution in [0.2, 0.25) is 0 Å². The zero-order valence-electron chi connectivity index (χ0n) is 15.8.